The summed E-state index contributed by atoms with van der Waals surface area (Å²) in [6, 6.07) is 22.0. The number of sulfonamides is 1. The number of nitrogens with one attached hydrogen (secondary N) is 1. The van der Waals surface area contributed by atoms with Gasteiger partial charge in [0.05, 0.1) is 11.4 Å². The molecule has 0 unspecified atom stereocenters. The van der Waals surface area contributed by atoms with Gasteiger partial charge in [-0.05, 0) is 79.1 Å². The number of hydrogen-bond acceptors (Lipinski definition) is 6. The molecular formula is C27H25Br2N5O3S2. The lowest BCUT2D eigenvalue weighted by atomic mass is 10.2. The van der Waals surface area contributed by atoms with Gasteiger partial charge in [-0.2, -0.15) is 4.31 Å². The van der Waals surface area contributed by atoms with Gasteiger partial charge < -0.3 is 5.32 Å². The fourth-order valence-corrected chi connectivity index (χ4v) is 7.18. The summed E-state index contributed by atoms with van der Waals surface area (Å²) in [6.45, 7) is 1.22. The second kappa shape index (κ2) is 12.3. The SMILES string of the molecule is O=C(NCc1nnc(SCc2ccc(Br)cc2)n1-c1ccc(Br)cc1)c1ccc(S(=O)(=O)N2CCCC2)cc1. The lowest BCUT2D eigenvalue weighted by Crippen LogP contribution is -2.28. The van der Waals surface area contributed by atoms with Crippen LogP contribution in [-0.2, 0) is 22.3 Å². The molecule has 4 aromatic rings. The molecule has 1 saturated heterocycles. The molecule has 8 nitrogen and oxygen atoms in total. The second-order valence-electron chi connectivity index (χ2n) is 8.94. The van der Waals surface area contributed by atoms with Gasteiger partial charge >= 0.3 is 0 Å². The van der Waals surface area contributed by atoms with Crippen molar-refractivity contribution in [3.8, 4) is 5.69 Å². The van der Waals surface area contributed by atoms with E-state index in [4.69, 9.17) is 0 Å². The van der Waals surface area contributed by atoms with Crippen LogP contribution >= 0.6 is 43.6 Å². The number of rotatable bonds is 9. The van der Waals surface area contributed by atoms with Gasteiger partial charge in [-0.3, -0.25) is 9.36 Å². The molecule has 3 aromatic carbocycles. The molecule has 1 aromatic heterocycles. The standard InChI is InChI=1S/C27H25Br2N5O3S2/c28-21-7-3-19(4-8-21)18-38-27-32-31-25(34(27)23-11-9-22(29)10-12-23)17-30-26(35)20-5-13-24(14-6-20)39(36,37)33-15-1-2-16-33/h3-14H,1-2,15-18H2,(H,30,35). The fraction of sp³-hybridized carbons (Fsp3) is 0.222. The highest BCUT2D eigenvalue weighted by Gasteiger charge is 2.27. The van der Waals surface area contributed by atoms with Crippen LogP contribution in [0.15, 0.2) is 91.8 Å². The Balaban J connectivity index is 1.31. The molecular weight excluding hydrogens is 666 g/mol. The Bertz CT molecular complexity index is 1550. The molecule has 12 heteroatoms. The van der Waals surface area contributed by atoms with Gasteiger partial charge in [0.1, 0.15) is 0 Å². The smallest absolute Gasteiger partial charge is 0.251 e. The zero-order valence-electron chi connectivity index (χ0n) is 20.8. The molecule has 202 valence electrons. The van der Waals surface area contributed by atoms with Crippen molar-refractivity contribution in [2.24, 2.45) is 0 Å². The molecule has 1 N–H and O–H groups in total. The van der Waals surface area contributed by atoms with Crippen LogP contribution in [0.3, 0.4) is 0 Å². The summed E-state index contributed by atoms with van der Waals surface area (Å²) in [5.74, 6) is 0.966. The highest BCUT2D eigenvalue weighted by atomic mass is 79.9. The minimum atomic E-state index is -3.53. The molecule has 0 aliphatic carbocycles. The van der Waals surface area contributed by atoms with E-state index in [1.54, 1.807) is 11.8 Å². The summed E-state index contributed by atoms with van der Waals surface area (Å²) in [5, 5.41) is 12.4. The summed E-state index contributed by atoms with van der Waals surface area (Å²) in [5.41, 5.74) is 2.40. The summed E-state index contributed by atoms with van der Waals surface area (Å²) < 4.78 is 31.0. The predicted molar refractivity (Wildman–Crippen MR) is 158 cm³/mol. The van der Waals surface area contributed by atoms with Gasteiger partial charge in [0.2, 0.25) is 10.0 Å². The second-order valence-corrected chi connectivity index (χ2v) is 13.7. The lowest BCUT2D eigenvalue weighted by Gasteiger charge is -2.15. The molecule has 0 radical (unpaired) electrons. The minimum Gasteiger partial charge on any atom is -0.345 e. The fourth-order valence-electron chi connectivity index (χ4n) is 4.20. The third-order valence-corrected chi connectivity index (χ3v) is 10.3. The Kier molecular flexibility index (Phi) is 8.87. The molecule has 1 fully saturated rings. The van der Waals surface area contributed by atoms with Crippen molar-refractivity contribution < 1.29 is 13.2 Å². The first kappa shape index (κ1) is 28.0. The number of thioether (sulfide) groups is 1. The Morgan fingerprint density at radius 2 is 1.49 bits per heavy atom. The number of amides is 1. The average Bonchev–Trinajstić information content (AvgIpc) is 3.63. The number of aromatic nitrogens is 3. The summed E-state index contributed by atoms with van der Waals surface area (Å²) in [7, 11) is -3.53. The molecule has 39 heavy (non-hydrogen) atoms. The van der Waals surface area contributed by atoms with E-state index in [9.17, 15) is 13.2 Å². The van der Waals surface area contributed by atoms with Gasteiger partial charge in [-0.15, -0.1) is 10.2 Å². The van der Waals surface area contributed by atoms with E-state index in [-0.39, 0.29) is 17.3 Å². The molecule has 1 aliphatic heterocycles. The van der Waals surface area contributed by atoms with E-state index < -0.39 is 10.0 Å². The number of benzene rings is 3. The molecule has 5 rings (SSSR count). The highest BCUT2D eigenvalue weighted by molar-refractivity contribution is 9.10. The van der Waals surface area contributed by atoms with Crippen LogP contribution in [0.2, 0.25) is 0 Å². The van der Waals surface area contributed by atoms with Crippen molar-refractivity contribution in [2.45, 2.75) is 35.2 Å². The quantitative estimate of drug-likeness (QED) is 0.223. The first-order chi connectivity index (χ1) is 18.8. The van der Waals surface area contributed by atoms with E-state index in [1.807, 2.05) is 41.0 Å². The third-order valence-electron chi connectivity index (χ3n) is 6.29. The average molecular weight is 691 g/mol. The van der Waals surface area contributed by atoms with E-state index in [0.29, 0.717) is 35.4 Å². The van der Waals surface area contributed by atoms with Gasteiger partial charge in [0.25, 0.3) is 5.91 Å². The molecule has 1 amide bonds. The van der Waals surface area contributed by atoms with E-state index in [0.717, 1.165) is 33.0 Å². The minimum absolute atomic E-state index is 0.147. The number of carbonyl (C=O) groups is 1. The van der Waals surface area contributed by atoms with E-state index in [2.05, 4.69) is 59.5 Å². The number of nitrogens with zero attached hydrogens (tertiary/aromatic N) is 4. The maximum absolute atomic E-state index is 12.9. The number of hydrogen-bond donors (Lipinski definition) is 1. The van der Waals surface area contributed by atoms with Gasteiger partial charge in [0.15, 0.2) is 11.0 Å². The zero-order valence-corrected chi connectivity index (χ0v) is 25.6. The molecule has 1 aliphatic rings. The van der Waals surface area contributed by atoms with Crippen LogP contribution in [0, 0.1) is 0 Å². The van der Waals surface area contributed by atoms with Crippen LogP contribution < -0.4 is 5.32 Å². The van der Waals surface area contributed by atoms with Crippen LogP contribution in [0.25, 0.3) is 5.69 Å². The monoisotopic (exact) mass is 689 g/mol. The maximum Gasteiger partial charge on any atom is 0.251 e. The van der Waals surface area contributed by atoms with Crippen molar-refractivity contribution in [2.75, 3.05) is 13.1 Å². The Hall–Kier alpha value is -2.51. The Morgan fingerprint density at radius 3 is 2.13 bits per heavy atom. The van der Waals surface area contributed by atoms with Crippen LogP contribution in [0.5, 0.6) is 0 Å². The Morgan fingerprint density at radius 1 is 0.872 bits per heavy atom. The predicted octanol–water partition coefficient (Wildman–Crippen LogP) is 5.80. The topological polar surface area (TPSA) is 97.2 Å². The molecule has 0 bridgehead atoms. The Labute approximate surface area is 248 Å². The van der Waals surface area contributed by atoms with Crippen molar-refractivity contribution in [3.63, 3.8) is 0 Å². The van der Waals surface area contributed by atoms with E-state index in [1.165, 1.54) is 28.6 Å². The molecule has 2 heterocycles. The number of carbonyl (C=O) groups excluding carboxylic acids is 1. The molecule has 0 saturated carbocycles. The first-order valence-corrected chi connectivity index (χ1v) is 16.3. The molecule has 0 spiro atoms. The van der Waals surface area contributed by atoms with Gasteiger partial charge in [0, 0.05) is 39.0 Å². The van der Waals surface area contributed by atoms with Crippen molar-refractivity contribution in [1.82, 2.24) is 24.4 Å². The first-order valence-electron chi connectivity index (χ1n) is 12.3. The van der Waals surface area contributed by atoms with Gasteiger partial charge in [-0.1, -0.05) is 55.8 Å². The van der Waals surface area contributed by atoms with Gasteiger partial charge in [-0.25, -0.2) is 8.42 Å². The van der Waals surface area contributed by atoms with Crippen molar-refractivity contribution in [1.29, 1.82) is 0 Å². The van der Waals surface area contributed by atoms with Crippen molar-refractivity contribution in [3.05, 3.63) is 98.7 Å². The van der Waals surface area contributed by atoms with Crippen LogP contribution in [0.1, 0.15) is 34.6 Å². The maximum atomic E-state index is 12.9. The molecule has 0 atom stereocenters. The summed E-state index contributed by atoms with van der Waals surface area (Å²) in [6.07, 6.45) is 1.74. The normalized spacial score (nSPS) is 14.0. The van der Waals surface area contributed by atoms with Crippen LogP contribution in [0.4, 0.5) is 0 Å². The highest BCUT2D eigenvalue weighted by Crippen LogP contribution is 2.27. The lowest BCUT2D eigenvalue weighted by molar-refractivity contribution is 0.0949. The summed E-state index contributed by atoms with van der Waals surface area (Å²) >= 11 is 8.50. The summed E-state index contributed by atoms with van der Waals surface area (Å²) in [4.78, 5) is 13.1. The van der Waals surface area contributed by atoms with Crippen LogP contribution in [-0.4, -0.2) is 46.5 Å². The van der Waals surface area contributed by atoms with E-state index >= 15 is 0 Å². The zero-order chi connectivity index (χ0) is 27.4. The van der Waals surface area contributed by atoms with Crippen molar-refractivity contribution >= 4 is 59.6 Å². The number of halogens is 2. The largest absolute Gasteiger partial charge is 0.345 e. The third kappa shape index (κ3) is 6.63.